The average Bonchev–Trinajstić information content (AvgIpc) is 2.39. The topological polar surface area (TPSA) is 26.0 Å². The largest absolute Gasteiger partial charge is 0.327 e. The molecule has 18 heavy (non-hydrogen) atoms. The van der Waals surface area contributed by atoms with Crippen LogP contribution in [0.1, 0.15) is 22.3 Å². The zero-order chi connectivity index (χ0) is 13.0. The van der Waals surface area contributed by atoms with Gasteiger partial charge in [-0.15, -0.1) is 0 Å². The molecule has 0 amide bonds. The fourth-order valence-electron chi connectivity index (χ4n) is 1.99. The van der Waals surface area contributed by atoms with E-state index in [-0.39, 0.29) is 0 Å². The molecule has 2 rings (SSSR count). The molecular weight excluding hydrogens is 218 g/mol. The molecule has 0 aliphatic rings. The lowest BCUT2D eigenvalue weighted by atomic mass is 9.96. The second-order valence-corrected chi connectivity index (χ2v) is 4.59. The Bertz CT molecular complexity index is 485. The summed E-state index contributed by atoms with van der Waals surface area (Å²) in [5.41, 5.74) is 11.9. The third-order valence-electron chi connectivity index (χ3n) is 3.05. The highest BCUT2D eigenvalue weighted by atomic mass is 14.5. The fourth-order valence-corrected chi connectivity index (χ4v) is 1.99. The summed E-state index contributed by atoms with van der Waals surface area (Å²) in [6.07, 6.45) is 2.08. The molecule has 92 valence electrons. The highest BCUT2D eigenvalue weighted by Crippen LogP contribution is 2.23. The molecule has 2 aromatic carbocycles. The summed E-state index contributed by atoms with van der Waals surface area (Å²) in [5, 5.41) is 0. The average molecular weight is 237 g/mol. The van der Waals surface area contributed by atoms with Gasteiger partial charge in [0.05, 0.1) is 0 Å². The lowest BCUT2D eigenvalue weighted by Crippen LogP contribution is -1.97. The summed E-state index contributed by atoms with van der Waals surface area (Å²) in [6.45, 7) is 4.75. The SMILES string of the molecule is Cc1ccc(C(=CCN)c2ccc(C)cc2)cc1. The van der Waals surface area contributed by atoms with Crippen LogP contribution >= 0.6 is 0 Å². The molecule has 0 saturated heterocycles. The lowest BCUT2D eigenvalue weighted by Gasteiger charge is -2.09. The van der Waals surface area contributed by atoms with Crippen molar-refractivity contribution in [3.8, 4) is 0 Å². The third-order valence-corrected chi connectivity index (χ3v) is 3.05. The zero-order valence-electron chi connectivity index (χ0n) is 11.0. The van der Waals surface area contributed by atoms with Crippen molar-refractivity contribution in [1.29, 1.82) is 0 Å². The van der Waals surface area contributed by atoms with Crippen LogP contribution in [0.15, 0.2) is 54.6 Å². The normalized spacial score (nSPS) is 10.2. The molecule has 0 aliphatic heterocycles. The predicted molar refractivity (Wildman–Crippen MR) is 78.5 cm³/mol. The number of nitrogens with two attached hydrogens (primary N) is 1. The second-order valence-electron chi connectivity index (χ2n) is 4.59. The molecule has 0 unspecified atom stereocenters. The highest BCUT2D eigenvalue weighted by Gasteiger charge is 2.04. The number of aryl methyl sites for hydroxylation is 2. The molecule has 0 radical (unpaired) electrons. The van der Waals surface area contributed by atoms with Gasteiger partial charge in [-0.05, 0) is 30.5 Å². The van der Waals surface area contributed by atoms with Gasteiger partial charge in [-0.2, -0.15) is 0 Å². The van der Waals surface area contributed by atoms with Gasteiger partial charge >= 0.3 is 0 Å². The Kier molecular flexibility index (Phi) is 3.96. The van der Waals surface area contributed by atoms with E-state index in [1.165, 1.54) is 27.8 Å². The van der Waals surface area contributed by atoms with Crippen molar-refractivity contribution in [3.05, 3.63) is 76.9 Å². The van der Waals surface area contributed by atoms with Crippen LogP contribution in [0.5, 0.6) is 0 Å². The van der Waals surface area contributed by atoms with Gasteiger partial charge in [-0.25, -0.2) is 0 Å². The molecule has 0 bridgehead atoms. The standard InChI is InChI=1S/C17H19N/c1-13-3-7-15(8-4-13)17(11-12-18)16-9-5-14(2)6-10-16/h3-11H,12,18H2,1-2H3. The Morgan fingerprint density at radius 2 is 1.22 bits per heavy atom. The minimum atomic E-state index is 0.553. The zero-order valence-corrected chi connectivity index (χ0v) is 11.0. The minimum Gasteiger partial charge on any atom is -0.327 e. The summed E-state index contributed by atoms with van der Waals surface area (Å²) < 4.78 is 0. The summed E-state index contributed by atoms with van der Waals surface area (Å²) >= 11 is 0. The van der Waals surface area contributed by atoms with Crippen molar-refractivity contribution in [2.75, 3.05) is 6.54 Å². The van der Waals surface area contributed by atoms with E-state index in [1.54, 1.807) is 0 Å². The van der Waals surface area contributed by atoms with Gasteiger partial charge in [0.25, 0.3) is 0 Å². The summed E-state index contributed by atoms with van der Waals surface area (Å²) in [6, 6.07) is 17.1. The van der Waals surface area contributed by atoms with E-state index in [1.807, 2.05) is 0 Å². The first-order valence-corrected chi connectivity index (χ1v) is 6.25. The van der Waals surface area contributed by atoms with Gasteiger partial charge in [0.1, 0.15) is 0 Å². The predicted octanol–water partition coefficient (Wildman–Crippen LogP) is 3.69. The van der Waals surface area contributed by atoms with Crippen molar-refractivity contribution >= 4 is 5.57 Å². The summed E-state index contributed by atoms with van der Waals surface area (Å²) in [4.78, 5) is 0. The van der Waals surface area contributed by atoms with E-state index in [4.69, 9.17) is 5.73 Å². The van der Waals surface area contributed by atoms with Crippen molar-refractivity contribution in [2.45, 2.75) is 13.8 Å². The maximum Gasteiger partial charge on any atom is 0.0116 e. The molecule has 2 aromatic rings. The highest BCUT2D eigenvalue weighted by molar-refractivity contribution is 5.80. The van der Waals surface area contributed by atoms with Gasteiger partial charge in [0.2, 0.25) is 0 Å². The van der Waals surface area contributed by atoms with Crippen molar-refractivity contribution in [3.63, 3.8) is 0 Å². The third kappa shape index (κ3) is 2.88. The molecule has 0 atom stereocenters. The first kappa shape index (κ1) is 12.6. The van der Waals surface area contributed by atoms with E-state index in [2.05, 4.69) is 68.5 Å². The molecule has 1 heteroatoms. The first-order valence-electron chi connectivity index (χ1n) is 6.25. The van der Waals surface area contributed by atoms with E-state index < -0.39 is 0 Å². The molecule has 0 aromatic heterocycles. The number of rotatable bonds is 3. The molecule has 0 heterocycles. The molecule has 0 saturated carbocycles. The molecular formula is C17H19N. The minimum absolute atomic E-state index is 0.553. The van der Waals surface area contributed by atoms with Crippen LogP contribution in [0.4, 0.5) is 0 Å². The van der Waals surface area contributed by atoms with Crippen LogP contribution in [0.2, 0.25) is 0 Å². The van der Waals surface area contributed by atoms with Crippen LogP contribution in [0, 0.1) is 13.8 Å². The molecule has 0 spiro atoms. The van der Waals surface area contributed by atoms with Gasteiger partial charge in [0.15, 0.2) is 0 Å². The Balaban J connectivity index is 2.43. The van der Waals surface area contributed by atoms with Crippen LogP contribution in [-0.2, 0) is 0 Å². The first-order chi connectivity index (χ1) is 8.70. The Labute approximate surface area is 109 Å². The maximum atomic E-state index is 5.69. The Morgan fingerprint density at radius 3 is 1.56 bits per heavy atom. The van der Waals surface area contributed by atoms with Gasteiger partial charge in [-0.1, -0.05) is 65.7 Å². The van der Waals surface area contributed by atoms with E-state index in [0.29, 0.717) is 6.54 Å². The molecule has 2 N–H and O–H groups in total. The molecule has 0 aliphatic carbocycles. The monoisotopic (exact) mass is 237 g/mol. The van der Waals surface area contributed by atoms with E-state index >= 15 is 0 Å². The Morgan fingerprint density at radius 1 is 0.833 bits per heavy atom. The second kappa shape index (κ2) is 5.65. The molecule has 0 fully saturated rings. The molecule has 1 nitrogen and oxygen atoms in total. The van der Waals surface area contributed by atoms with Crippen molar-refractivity contribution in [1.82, 2.24) is 0 Å². The fraction of sp³-hybridized carbons (Fsp3) is 0.176. The van der Waals surface area contributed by atoms with Gasteiger partial charge in [0, 0.05) is 6.54 Å². The van der Waals surface area contributed by atoms with E-state index in [9.17, 15) is 0 Å². The maximum absolute atomic E-state index is 5.69. The van der Waals surface area contributed by atoms with Crippen molar-refractivity contribution in [2.24, 2.45) is 5.73 Å². The quantitative estimate of drug-likeness (QED) is 0.865. The van der Waals surface area contributed by atoms with Gasteiger partial charge < -0.3 is 5.73 Å². The van der Waals surface area contributed by atoms with Gasteiger partial charge in [-0.3, -0.25) is 0 Å². The smallest absolute Gasteiger partial charge is 0.0116 e. The Hall–Kier alpha value is -1.86. The number of benzene rings is 2. The summed E-state index contributed by atoms with van der Waals surface area (Å²) in [7, 11) is 0. The lowest BCUT2D eigenvalue weighted by molar-refractivity contribution is 1.25. The van der Waals surface area contributed by atoms with E-state index in [0.717, 1.165) is 0 Å². The van der Waals surface area contributed by atoms with Crippen LogP contribution in [-0.4, -0.2) is 6.54 Å². The van der Waals surface area contributed by atoms with Crippen LogP contribution < -0.4 is 5.73 Å². The number of hydrogen-bond donors (Lipinski definition) is 1. The van der Waals surface area contributed by atoms with Crippen LogP contribution in [0.3, 0.4) is 0 Å². The summed E-state index contributed by atoms with van der Waals surface area (Å²) in [5.74, 6) is 0. The number of hydrogen-bond acceptors (Lipinski definition) is 1. The van der Waals surface area contributed by atoms with Crippen LogP contribution in [0.25, 0.3) is 5.57 Å². The van der Waals surface area contributed by atoms with Crippen molar-refractivity contribution < 1.29 is 0 Å².